The van der Waals surface area contributed by atoms with Gasteiger partial charge in [0.25, 0.3) is 0 Å². The summed E-state index contributed by atoms with van der Waals surface area (Å²) in [6.45, 7) is 0.806. The van der Waals surface area contributed by atoms with E-state index in [-0.39, 0.29) is 31.3 Å². The van der Waals surface area contributed by atoms with Gasteiger partial charge in [0, 0.05) is 19.5 Å². The lowest BCUT2D eigenvalue weighted by Crippen LogP contribution is -2.37. The molecule has 114 valence electrons. The van der Waals surface area contributed by atoms with Crippen molar-refractivity contribution < 1.29 is 19.5 Å². The molecule has 0 atom stereocenters. The van der Waals surface area contributed by atoms with Crippen LogP contribution < -0.4 is 22.1 Å². The summed E-state index contributed by atoms with van der Waals surface area (Å²) < 4.78 is 0. The standard InChI is InChI=1S/C11H21N5O4/c12-11(13)15-6-2-1-5-14-9(18)7-16-8(17)3-4-10(19)20/h1-7H2,(H,14,18)(H,16,17)(H,19,20)(H4,12,13,15). The number of hydrogen-bond donors (Lipinski definition) is 5. The monoisotopic (exact) mass is 287 g/mol. The highest BCUT2D eigenvalue weighted by Gasteiger charge is 2.07. The molecule has 9 nitrogen and oxygen atoms in total. The van der Waals surface area contributed by atoms with Crippen molar-refractivity contribution in [3.05, 3.63) is 0 Å². The number of aliphatic carboxylic acids is 1. The second kappa shape index (κ2) is 10.6. The molecule has 9 heteroatoms. The minimum atomic E-state index is -1.05. The number of unbranched alkanes of at least 4 members (excludes halogenated alkanes) is 1. The van der Waals surface area contributed by atoms with Crippen LogP contribution in [-0.2, 0) is 14.4 Å². The molecule has 0 aliphatic heterocycles. The van der Waals surface area contributed by atoms with Crippen LogP contribution in [0.4, 0.5) is 0 Å². The summed E-state index contributed by atoms with van der Waals surface area (Å²) in [4.78, 5) is 36.5. The van der Waals surface area contributed by atoms with Crippen molar-refractivity contribution in [2.75, 3.05) is 19.6 Å². The maximum absolute atomic E-state index is 11.3. The quantitative estimate of drug-likeness (QED) is 0.180. The number of carbonyl (C=O) groups is 3. The molecule has 0 saturated carbocycles. The van der Waals surface area contributed by atoms with Crippen LogP contribution in [0.25, 0.3) is 0 Å². The SMILES string of the molecule is NC(N)=NCCCCNC(=O)CNC(=O)CCC(=O)O. The van der Waals surface area contributed by atoms with Crippen LogP contribution >= 0.6 is 0 Å². The predicted octanol–water partition coefficient (Wildman–Crippen LogP) is -1.86. The second-order valence-corrected chi connectivity index (χ2v) is 4.03. The molecular formula is C11H21N5O4. The molecule has 2 amide bonds. The third kappa shape index (κ3) is 12.1. The number of nitrogens with zero attached hydrogens (tertiary/aromatic N) is 1. The van der Waals surface area contributed by atoms with E-state index in [9.17, 15) is 14.4 Å². The summed E-state index contributed by atoms with van der Waals surface area (Å²) in [7, 11) is 0. The number of nitrogens with two attached hydrogens (primary N) is 2. The van der Waals surface area contributed by atoms with E-state index in [1.807, 2.05) is 0 Å². The number of rotatable bonds is 10. The number of aliphatic imine (C=N–C) groups is 1. The zero-order valence-corrected chi connectivity index (χ0v) is 11.2. The van der Waals surface area contributed by atoms with Crippen LogP contribution in [0.2, 0.25) is 0 Å². The van der Waals surface area contributed by atoms with E-state index >= 15 is 0 Å². The van der Waals surface area contributed by atoms with Crippen LogP contribution in [-0.4, -0.2) is 48.5 Å². The Morgan fingerprint density at radius 2 is 1.70 bits per heavy atom. The van der Waals surface area contributed by atoms with Gasteiger partial charge in [0.2, 0.25) is 11.8 Å². The lowest BCUT2D eigenvalue weighted by molar-refractivity contribution is -0.138. The number of carboxylic acid groups (broad SMARTS) is 1. The molecule has 0 radical (unpaired) electrons. The zero-order valence-electron chi connectivity index (χ0n) is 11.2. The first-order valence-corrected chi connectivity index (χ1v) is 6.22. The van der Waals surface area contributed by atoms with E-state index in [4.69, 9.17) is 16.6 Å². The molecule has 0 rings (SSSR count). The average molecular weight is 287 g/mol. The number of hydrogen-bond acceptors (Lipinski definition) is 4. The topological polar surface area (TPSA) is 160 Å². The van der Waals surface area contributed by atoms with Crippen molar-refractivity contribution in [2.24, 2.45) is 16.5 Å². The first kappa shape index (κ1) is 17.7. The largest absolute Gasteiger partial charge is 0.481 e. The van der Waals surface area contributed by atoms with E-state index in [0.29, 0.717) is 13.1 Å². The Bertz CT molecular complexity index is 366. The molecule has 0 fully saturated rings. The highest BCUT2D eigenvalue weighted by atomic mass is 16.4. The fourth-order valence-corrected chi connectivity index (χ4v) is 1.22. The molecule has 0 saturated heterocycles. The first-order chi connectivity index (χ1) is 9.41. The Hall–Kier alpha value is -2.32. The third-order valence-electron chi connectivity index (χ3n) is 2.21. The minimum absolute atomic E-state index is 0.0399. The zero-order chi connectivity index (χ0) is 15.4. The molecule has 0 aromatic carbocycles. The maximum atomic E-state index is 11.3. The summed E-state index contributed by atoms with van der Waals surface area (Å²) in [6, 6.07) is 0. The predicted molar refractivity (Wildman–Crippen MR) is 72.8 cm³/mol. The van der Waals surface area contributed by atoms with Gasteiger partial charge < -0.3 is 27.2 Å². The second-order valence-electron chi connectivity index (χ2n) is 4.03. The van der Waals surface area contributed by atoms with Crippen LogP contribution in [0.5, 0.6) is 0 Å². The summed E-state index contributed by atoms with van der Waals surface area (Å²) in [5, 5.41) is 13.3. The summed E-state index contributed by atoms with van der Waals surface area (Å²) in [5.74, 6) is -1.80. The maximum Gasteiger partial charge on any atom is 0.303 e. The molecular weight excluding hydrogens is 266 g/mol. The van der Waals surface area contributed by atoms with Gasteiger partial charge in [-0.1, -0.05) is 0 Å². The van der Waals surface area contributed by atoms with Crippen molar-refractivity contribution >= 4 is 23.7 Å². The Morgan fingerprint density at radius 1 is 1.00 bits per heavy atom. The summed E-state index contributed by atoms with van der Waals surface area (Å²) in [5.41, 5.74) is 10.3. The molecule has 0 aliphatic rings. The van der Waals surface area contributed by atoms with Gasteiger partial charge >= 0.3 is 5.97 Å². The van der Waals surface area contributed by atoms with Crippen molar-refractivity contribution in [2.45, 2.75) is 25.7 Å². The minimum Gasteiger partial charge on any atom is -0.481 e. The van der Waals surface area contributed by atoms with Crippen LogP contribution in [0.1, 0.15) is 25.7 Å². The summed E-state index contributed by atoms with van der Waals surface area (Å²) >= 11 is 0. The molecule has 0 unspecified atom stereocenters. The Morgan fingerprint density at radius 3 is 2.30 bits per heavy atom. The van der Waals surface area contributed by atoms with E-state index in [1.54, 1.807) is 0 Å². The number of nitrogens with one attached hydrogen (secondary N) is 2. The molecule has 7 N–H and O–H groups in total. The Labute approximate surface area is 116 Å². The fraction of sp³-hybridized carbons (Fsp3) is 0.636. The highest BCUT2D eigenvalue weighted by Crippen LogP contribution is 1.89. The fourth-order valence-electron chi connectivity index (χ4n) is 1.22. The van der Waals surface area contributed by atoms with Crippen LogP contribution in [0.15, 0.2) is 4.99 Å². The van der Waals surface area contributed by atoms with Gasteiger partial charge in [0.15, 0.2) is 5.96 Å². The third-order valence-corrected chi connectivity index (χ3v) is 2.21. The lowest BCUT2D eigenvalue weighted by atomic mass is 10.3. The van der Waals surface area contributed by atoms with Crippen LogP contribution in [0, 0.1) is 0 Å². The smallest absolute Gasteiger partial charge is 0.303 e. The number of guanidine groups is 1. The Balaban J connectivity index is 3.52. The molecule has 0 spiro atoms. The van der Waals surface area contributed by atoms with Gasteiger partial charge in [-0.25, -0.2) is 0 Å². The molecule has 0 aliphatic carbocycles. The molecule has 0 aromatic rings. The highest BCUT2D eigenvalue weighted by molar-refractivity contribution is 5.86. The van der Waals surface area contributed by atoms with Gasteiger partial charge in [0.1, 0.15) is 0 Å². The number of amides is 2. The van der Waals surface area contributed by atoms with Crippen molar-refractivity contribution in [3.63, 3.8) is 0 Å². The lowest BCUT2D eigenvalue weighted by Gasteiger charge is -2.06. The van der Waals surface area contributed by atoms with Crippen molar-refractivity contribution in [1.29, 1.82) is 0 Å². The van der Waals surface area contributed by atoms with Gasteiger partial charge in [-0.05, 0) is 12.8 Å². The van der Waals surface area contributed by atoms with Crippen molar-refractivity contribution in [1.82, 2.24) is 10.6 Å². The molecule has 0 aromatic heterocycles. The number of carbonyl (C=O) groups excluding carboxylic acids is 2. The summed E-state index contributed by atoms with van der Waals surface area (Å²) in [6.07, 6.45) is 1.07. The van der Waals surface area contributed by atoms with Gasteiger partial charge in [-0.2, -0.15) is 0 Å². The normalized spacial score (nSPS) is 9.60. The average Bonchev–Trinajstić information content (AvgIpc) is 2.37. The van der Waals surface area contributed by atoms with Crippen LogP contribution in [0.3, 0.4) is 0 Å². The molecule has 0 heterocycles. The van der Waals surface area contributed by atoms with Gasteiger partial charge in [-0.3, -0.25) is 19.4 Å². The van der Waals surface area contributed by atoms with E-state index in [1.165, 1.54) is 0 Å². The first-order valence-electron chi connectivity index (χ1n) is 6.22. The number of carboxylic acids is 1. The van der Waals surface area contributed by atoms with E-state index in [0.717, 1.165) is 12.8 Å². The Kier molecular flexibility index (Phi) is 9.36. The van der Waals surface area contributed by atoms with Gasteiger partial charge in [0.05, 0.1) is 13.0 Å². The van der Waals surface area contributed by atoms with Gasteiger partial charge in [-0.15, -0.1) is 0 Å². The molecule has 0 bridgehead atoms. The molecule has 20 heavy (non-hydrogen) atoms. The van der Waals surface area contributed by atoms with E-state index < -0.39 is 11.9 Å². The van der Waals surface area contributed by atoms with E-state index in [2.05, 4.69) is 15.6 Å². The van der Waals surface area contributed by atoms with Crippen molar-refractivity contribution in [3.8, 4) is 0 Å².